The lowest BCUT2D eigenvalue weighted by atomic mass is 9.95. The highest BCUT2D eigenvalue weighted by Crippen LogP contribution is 2.36. The van der Waals surface area contributed by atoms with Gasteiger partial charge < -0.3 is 5.11 Å². The number of aromatic nitrogens is 2. The normalized spacial score (nSPS) is 13.4. The summed E-state index contributed by atoms with van der Waals surface area (Å²) in [6, 6.07) is 21.0. The topological polar surface area (TPSA) is 104 Å². The number of carboxylic acid groups (broad SMARTS) is 1. The first-order valence-corrected chi connectivity index (χ1v) is 14.0. The summed E-state index contributed by atoms with van der Waals surface area (Å²) in [5.41, 5.74) is 4.31. The third kappa shape index (κ3) is 6.10. The summed E-state index contributed by atoms with van der Waals surface area (Å²) in [5, 5.41) is 11.8. The number of rotatable bonds is 10. The van der Waals surface area contributed by atoms with Crippen molar-refractivity contribution in [3.8, 4) is 22.4 Å². The second-order valence-corrected chi connectivity index (χ2v) is 10.9. The van der Waals surface area contributed by atoms with Gasteiger partial charge in [0, 0.05) is 42.7 Å². The van der Waals surface area contributed by atoms with Crippen LogP contribution in [0.4, 0.5) is 10.9 Å². The summed E-state index contributed by atoms with van der Waals surface area (Å²) in [6.07, 6.45) is 3.72. The highest BCUT2D eigenvalue weighted by molar-refractivity contribution is 7.14. The molecule has 2 amide bonds. The van der Waals surface area contributed by atoms with E-state index in [2.05, 4.69) is 4.98 Å². The van der Waals surface area contributed by atoms with Gasteiger partial charge in [0.25, 0.3) is 0 Å². The van der Waals surface area contributed by atoms with Crippen LogP contribution in [-0.2, 0) is 20.8 Å². The molecule has 4 aromatic rings. The number of nitrogens with zero attached hydrogens (tertiary/aromatic N) is 4. The molecule has 2 heterocycles. The summed E-state index contributed by atoms with van der Waals surface area (Å²) in [5.74, 6) is -1.18. The molecule has 1 atom stereocenters. The van der Waals surface area contributed by atoms with Gasteiger partial charge in [-0.25, -0.2) is 9.97 Å². The maximum atomic E-state index is 13.4. The SMILES string of the molecule is CN(C(=O)C1CC1)c1ccc(-c2ccccc2-c2csc(N(C)C(=O)[C@@H](CC(=O)O)Cc3ccccc3)n2)cn1. The van der Waals surface area contributed by atoms with Crippen molar-refractivity contribution in [2.45, 2.75) is 25.7 Å². The van der Waals surface area contributed by atoms with Gasteiger partial charge in [-0.2, -0.15) is 0 Å². The van der Waals surface area contributed by atoms with Gasteiger partial charge in [-0.15, -0.1) is 11.3 Å². The molecule has 1 N–H and O–H groups in total. The van der Waals surface area contributed by atoms with Gasteiger partial charge in [0.1, 0.15) is 5.82 Å². The van der Waals surface area contributed by atoms with Gasteiger partial charge in [-0.05, 0) is 42.5 Å². The van der Waals surface area contributed by atoms with Crippen LogP contribution in [0.5, 0.6) is 0 Å². The van der Waals surface area contributed by atoms with Gasteiger partial charge in [0.2, 0.25) is 11.8 Å². The third-order valence-corrected chi connectivity index (χ3v) is 7.98. The molecule has 0 saturated heterocycles. The van der Waals surface area contributed by atoms with Crippen LogP contribution >= 0.6 is 11.3 Å². The second-order valence-electron chi connectivity index (χ2n) is 10.0. The van der Waals surface area contributed by atoms with Gasteiger partial charge >= 0.3 is 5.97 Å². The average Bonchev–Trinajstić information content (AvgIpc) is 3.71. The second kappa shape index (κ2) is 11.8. The Kier molecular flexibility index (Phi) is 8.02. The number of benzene rings is 2. The maximum absolute atomic E-state index is 13.4. The van der Waals surface area contributed by atoms with Crippen molar-refractivity contribution in [3.05, 3.63) is 83.9 Å². The number of carbonyl (C=O) groups excluding carboxylic acids is 2. The number of thiazole rings is 1. The Balaban J connectivity index is 1.36. The molecule has 0 unspecified atom stereocenters. The number of aliphatic carboxylic acids is 1. The minimum Gasteiger partial charge on any atom is -0.481 e. The monoisotopic (exact) mass is 554 g/mol. The first-order valence-electron chi connectivity index (χ1n) is 13.1. The van der Waals surface area contributed by atoms with Crippen LogP contribution in [0, 0.1) is 11.8 Å². The van der Waals surface area contributed by atoms with Crippen LogP contribution in [0.3, 0.4) is 0 Å². The standard InChI is InChI=1S/C31H30N4O4S/c1-34(29(38)21-12-13-21)27-15-14-22(18-32-27)24-10-6-7-11-25(24)26-19-40-31(33-26)35(2)30(39)23(17-28(36)37)16-20-8-4-3-5-9-20/h3-11,14-15,18-19,21,23H,12-13,16-17H2,1-2H3,(H,36,37)/t23-/m1/s1. The molecule has 0 bridgehead atoms. The van der Waals surface area contributed by atoms with Crippen molar-refractivity contribution < 1.29 is 19.5 Å². The van der Waals surface area contributed by atoms with Crippen LogP contribution in [0.15, 0.2) is 78.3 Å². The molecule has 1 aliphatic carbocycles. The fraction of sp³-hybridized carbons (Fsp3) is 0.258. The van der Waals surface area contributed by atoms with E-state index in [4.69, 9.17) is 4.98 Å². The Morgan fingerprint density at radius 1 is 0.950 bits per heavy atom. The number of amides is 2. The van der Waals surface area contributed by atoms with Crippen molar-refractivity contribution in [1.82, 2.24) is 9.97 Å². The molecule has 5 rings (SSSR count). The van der Waals surface area contributed by atoms with Crippen molar-refractivity contribution in [3.63, 3.8) is 0 Å². The fourth-order valence-electron chi connectivity index (χ4n) is 4.69. The zero-order valence-electron chi connectivity index (χ0n) is 22.4. The average molecular weight is 555 g/mol. The summed E-state index contributed by atoms with van der Waals surface area (Å²) in [6.45, 7) is 0. The molecule has 8 nitrogen and oxygen atoms in total. The van der Waals surface area contributed by atoms with E-state index in [0.29, 0.717) is 23.1 Å². The van der Waals surface area contributed by atoms with Crippen LogP contribution in [-0.4, -0.2) is 47.0 Å². The van der Waals surface area contributed by atoms with Crippen LogP contribution in [0.1, 0.15) is 24.8 Å². The molecule has 0 spiro atoms. The number of carboxylic acids is 1. The Morgan fingerprint density at radius 2 is 1.65 bits per heavy atom. The molecule has 1 aliphatic rings. The molecule has 40 heavy (non-hydrogen) atoms. The van der Waals surface area contributed by atoms with Crippen LogP contribution < -0.4 is 9.80 Å². The van der Waals surface area contributed by atoms with E-state index in [1.807, 2.05) is 72.1 Å². The van der Waals surface area contributed by atoms with E-state index in [1.54, 1.807) is 25.2 Å². The van der Waals surface area contributed by atoms with Gasteiger partial charge in [0.05, 0.1) is 18.0 Å². The van der Waals surface area contributed by atoms with E-state index in [1.165, 1.54) is 16.2 Å². The number of anilines is 2. The third-order valence-electron chi connectivity index (χ3n) is 7.07. The Labute approximate surface area is 236 Å². The van der Waals surface area contributed by atoms with E-state index < -0.39 is 11.9 Å². The number of hydrogen-bond acceptors (Lipinski definition) is 6. The molecular weight excluding hydrogens is 524 g/mol. The van der Waals surface area contributed by atoms with Crippen molar-refractivity contribution in [1.29, 1.82) is 0 Å². The number of hydrogen-bond donors (Lipinski definition) is 1. The zero-order chi connectivity index (χ0) is 28.2. The van der Waals surface area contributed by atoms with Crippen molar-refractivity contribution in [2.75, 3.05) is 23.9 Å². The highest BCUT2D eigenvalue weighted by atomic mass is 32.1. The Morgan fingerprint density at radius 3 is 2.30 bits per heavy atom. The molecule has 2 aromatic carbocycles. The number of pyridine rings is 1. The zero-order valence-corrected chi connectivity index (χ0v) is 23.2. The molecular formula is C31H30N4O4S. The maximum Gasteiger partial charge on any atom is 0.304 e. The first-order chi connectivity index (χ1) is 19.3. The fourth-order valence-corrected chi connectivity index (χ4v) is 5.48. The van der Waals surface area contributed by atoms with Crippen molar-refractivity contribution in [2.24, 2.45) is 11.8 Å². The van der Waals surface area contributed by atoms with Crippen LogP contribution in [0.25, 0.3) is 22.4 Å². The lowest BCUT2D eigenvalue weighted by Crippen LogP contribution is -2.35. The molecule has 204 valence electrons. The highest BCUT2D eigenvalue weighted by Gasteiger charge is 2.33. The Hall–Kier alpha value is -4.37. The quantitative estimate of drug-likeness (QED) is 0.276. The van der Waals surface area contributed by atoms with Crippen molar-refractivity contribution >= 4 is 40.1 Å². The largest absolute Gasteiger partial charge is 0.481 e. The first kappa shape index (κ1) is 27.2. The molecule has 1 fully saturated rings. The number of carbonyl (C=O) groups is 3. The summed E-state index contributed by atoms with van der Waals surface area (Å²) >= 11 is 1.33. The van der Waals surface area contributed by atoms with Crippen LogP contribution in [0.2, 0.25) is 0 Å². The summed E-state index contributed by atoms with van der Waals surface area (Å²) in [7, 11) is 3.39. The Bertz CT molecular complexity index is 1520. The summed E-state index contributed by atoms with van der Waals surface area (Å²) in [4.78, 5) is 49.7. The predicted molar refractivity (Wildman–Crippen MR) is 156 cm³/mol. The van der Waals surface area contributed by atoms with E-state index in [-0.39, 0.29) is 24.2 Å². The van der Waals surface area contributed by atoms with Gasteiger partial charge in [-0.3, -0.25) is 24.2 Å². The van der Waals surface area contributed by atoms with Gasteiger partial charge in [0.15, 0.2) is 5.13 Å². The lowest BCUT2D eigenvalue weighted by Gasteiger charge is -2.21. The molecule has 0 radical (unpaired) electrons. The lowest BCUT2D eigenvalue weighted by molar-refractivity contribution is -0.140. The molecule has 1 saturated carbocycles. The van der Waals surface area contributed by atoms with Gasteiger partial charge in [-0.1, -0.05) is 54.6 Å². The van der Waals surface area contributed by atoms with E-state index in [9.17, 15) is 19.5 Å². The minimum absolute atomic E-state index is 0.101. The predicted octanol–water partition coefficient (Wildman–Crippen LogP) is 5.54. The van der Waals surface area contributed by atoms with E-state index in [0.717, 1.165) is 35.1 Å². The molecule has 2 aromatic heterocycles. The summed E-state index contributed by atoms with van der Waals surface area (Å²) < 4.78 is 0. The smallest absolute Gasteiger partial charge is 0.304 e. The minimum atomic E-state index is -1.01. The molecule has 9 heteroatoms. The van der Waals surface area contributed by atoms with E-state index >= 15 is 0 Å². The molecule has 0 aliphatic heterocycles.